The first kappa shape index (κ1) is 10.9. The Morgan fingerprint density at radius 1 is 1.56 bits per heavy atom. The van der Waals surface area contributed by atoms with E-state index in [-0.39, 0.29) is 11.9 Å². The monoisotopic (exact) mass is 248 g/mol. The van der Waals surface area contributed by atoms with Gasteiger partial charge in [0.15, 0.2) is 0 Å². The van der Waals surface area contributed by atoms with Gasteiger partial charge in [-0.25, -0.2) is 0 Å². The van der Waals surface area contributed by atoms with E-state index >= 15 is 0 Å². The summed E-state index contributed by atoms with van der Waals surface area (Å²) in [5, 5.41) is 15.8. The number of hydrogen-bond acceptors (Lipinski definition) is 6. The zero-order chi connectivity index (χ0) is 12.4. The topological polar surface area (TPSA) is 109 Å². The second kappa shape index (κ2) is 4.57. The lowest BCUT2D eigenvalue weighted by Gasteiger charge is -2.01. The van der Waals surface area contributed by atoms with Crippen molar-refractivity contribution >= 4 is 11.7 Å². The van der Waals surface area contributed by atoms with Crippen molar-refractivity contribution in [2.24, 2.45) is 0 Å². The van der Waals surface area contributed by atoms with E-state index in [2.05, 4.69) is 31.0 Å². The normalized spacial score (nSPS) is 19.0. The molecule has 2 aromatic rings. The number of nitrogens with one attached hydrogen (secondary N) is 3. The van der Waals surface area contributed by atoms with Gasteiger partial charge in [-0.2, -0.15) is 10.1 Å². The van der Waals surface area contributed by atoms with Crippen LogP contribution in [0.15, 0.2) is 16.8 Å². The van der Waals surface area contributed by atoms with E-state index in [0.717, 1.165) is 19.4 Å². The van der Waals surface area contributed by atoms with Gasteiger partial charge in [-0.1, -0.05) is 5.16 Å². The highest BCUT2D eigenvalue weighted by molar-refractivity contribution is 6.00. The van der Waals surface area contributed by atoms with Gasteiger partial charge in [-0.3, -0.25) is 9.89 Å². The van der Waals surface area contributed by atoms with Gasteiger partial charge < -0.3 is 15.2 Å². The standard InChI is InChI=1S/C10H12N6O2/c17-9(13-7-3-5-12-15-7)8-14-10(18-16-8)6-2-1-4-11-6/h3,5-6,11H,1-2,4H2,(H2,12,13,15,17). The molecule has 3 N–H and O–H groups in total. The third-order valence-electron chi connectivity index (χ3n) is 2.75. The largest absolute Gasteiger partial charge is 0.337 e. The van der Waals surface area contributed by atoms with E-state index in [9.17, 15) is 4.79 Å². The SMILES string of the molecule is O=C(Nc1ccn[nH]1)c1noc(C2CCCN2)n1. The van der Waals surface area contributed by atoms with Crippen LogP contribution in [0.2, 0.25) is 0 Å². The van der Waals surface area contributed by atoms with Crippen molar-refractivity contribution in [2.45, 2.75) is 18.9 Å². The molecule has 0 aliphatic carbocycles. The number of amides is 1. The number of nitrogens with zero attached hydrogens (tertiary/aromatic N) is 3. The third kappa shape index (κ3) is 2.09. The molecule has 0 spiro atoms. The Hall–Kier alpha value is -2.22. The number of anilines is 1. The molecular weight excluding hydrogens is 236 g/mol. The van der Waals surface area contributed by atoms with Crippen LogP contribution in [0.25, 0.3) is 0 Å². The first-order valence-corrected chi connectivity index (χ1v) is 5.70. The van der Waals surface area contributed by atoms with Crippen LogP contribution >= 0.6 is 0 Å². The molecule has 1 amide bonds. The molecule has 1 unspecified atom stereocenters. The van der Waals surface area contributed by atoms with E-state index in [4.69, 9.17) is 4.52 Å². The average molecular weight is 248 g/mol. The second-order valence-electron chi connectivity index (χ2n) is 4.03. The molecule has 0 radical (unpaired) electrons. The van der Waals surface area contributed by atoms with Crippen LogP contribution in [0.3, 0.4) is 0 Å². The highest BCUT2D eigenvalue weighted by Crippen LogP contribution is 2.21. The lowest BCUT2D eigenvalue weighted by molar-refractivity contribution is 0.101. The van der Waals surface area contributed by atoms with Gasteiger partial charge in [0, 0.05) is 6.07 Å². The van der Waals surface area contributed by atoms with E-state index in [1.165, 1.54) is 0 Å². The molecule has 3 rings (SSSR count). The summed E-state index contributed by atoms with van der Waals surface area (Å²) in [5.74, 6) is 0.549. The van der Waals surface area contributed by atoms with E-state index < -0.39 is 5.91 Å². The molecule has 0 bridgehead atoms. The van der Waals surface area contributed by atoms with E-state index in [1.54, 1.807) is 12.3 Å². The minimum absolute atomic E-state index is 0.0216. The third-order valence-corrected chi connectivity index (χ3v) is 2.75. The molecule has 0 saturated carbocycles. The number of hydrogen-bond donors (Lipinski definition) is 3. The molecule has 1 aliphatic rings. The van der Waals surface area contributed by atoms with E-state index in [0.29, 0.717) is 11.7 Å². The Bertz CT molecular complexity index is 528. The summed E-state index contributed by atoms with van der Waals surface area (Å²) < 4.78 is 5.08. The highest BCUT2D eigenvalue weighted by atomic mass is 16.5. The average Bonchev–Trinajstić information content (AvgIpc) is 3.11. The summed E-state index contributed by atoms with van der Waals surface area (Å²) in [4.78, 5) is 15.9. The first-order chi connectivity index (χ1) is 8.83. The Morgan fingerprint density at radius 3 is 3.22 bits per heavy atom. The Labute approximate surface area is 102 Å². The molecule has 94 valence electrons. The second-order valence-corrected chi connectivity index (χ2v) is 4.03. The number of H-pyrrole nitrogens is 1. The molecule has 18 heavy (non-hydrogen) atoms. The van der Waals surface area contributed by atoms with Crippen LogP contribution in [0.4, 0.5) is 5.82 Å². The molecule has 1 saturated heterocycles. The molecule has 1 aliphatic heterocycles. The number of carbonyl (C=O) groups excluding carboxylic acids is 1. The van der Waals surface area contributed by atoms with Crippen molar-refractivity contribution in [2.75, 3.05) is 11.9 Å². The molecule has 3 heterocycles. The molecule has 1 atom stereocenters. The van der Waals surface area contributed by atoms with Crippen molar-refractivity contribution in [1.82, 2.24) is 25.7 Å². The van der Waals surface area contributed by atoms with Crippen LogP contribution in [-0.2, 0) is 0 Å². The maximum absolute atomic E-state index is 11.8. The van der Waals surface area contributed by atoms with Gasteiger partial charge in [0.05, 0.1) is 12.2 Å². The molecule has 0 aromatic carbocycles. The van der Waals surface area contributed by atoms with Crippen molar-refractivity contribution in [1.29, 1.82) is 0 Å². The van der Waals surface area contributed by atoms with Crippen molar-refractivity contribution in [3.05, 3.63) is 24.0 Å². The van der Waals surface area contributed by atoms with Crippen LogP contribution in [0, 0.1) is 0 Å². The van der Waals surface area contributed by atoms with Gasteiger partial charge in [-0.05, 0) is 19.4 Å². The first-order valence-electron chi connectivity index (χ1n) is 5.70. The van der Waals surface area contributed by atoms with Gasteiger partial charge in [-0.15, -0.1) is 0 Å². The minimum Gasteiger partial charge on any atom is -0.337 e. The van der Waals surface area contributed by atoms with Gasteiger partial charge in [0.1, 0.15) is 5.82 Å². The highest BCUT2D eigenvalue weighted by Gasteiger charge is 2.24. The Balaban J connectivity index is 1.70. The molecule has 1 fully saturated rings. The summed E-state index contributed by atoms with van der Waals surface area (Å²) in [5.41, 5.74) is 0. The summed E-state index contributed by atoms with van der Waals surface area (Å²) in [6.07, 6.45) is 3.56. The predicted molar refractivity (Wildman–Crippen MR) is 60.8 cm³/mol. The fourth-order valence-corrected chi connectivity index (χ4v) is 1.87. The zero-order valence-electron chi connectivity index (χ0n) is 9.51. The molecular formula is C10H12N6O2. The van der Waals surface area contributed by atoms with Crippen molar-refractivity contribution < 1.29 is 9.32 Å². The maximum atomic E-state index is 11.8. The molecule has 2 aromatic heterocycles. The molecule has 8 heteroatoms. The quantitative estimate of drug-likeness (QED) is 0.728. The Morgan fingerprint density at radius 2 is 2.50 bits per heavy atom. The zero-order valence-corrected chi connectivity index (χ0v) is 9.51. The smallest absolute Gasteiger partial charge is 0.298 e. The lowest BCUT2D eigenvalue weighted by atomic mass is 10.2. The van der Waals surface area contributed by atoms with E-state index in [1.807, 2.05) is 0 Å². The summed E-state index contributed by atoms with van der Waals surface area (Å²) in [6, 6.07) is 1.70. The number of rotatable bonds is 3. The minimum atomic E-state index is -0.424. The fourth-order valence-electron chi connectivity index (χ4n) is 1.87. The summed E-state index contributed by atoms with van der Waals surface area (Å²) in [7, 11) is 0. The van der Waals surface area contributed by atoms with Gasteiger partial charge in [0.2, 0.25) is 5.89 Å². The maximum Gasteiger partial charge on any atom is 0.298 e. The summed E-state index contributed by atoms with van der Waals surface area (Å²) in [6.45, 7) is 0.933. The van der Waals surface area contributed by atoms with Crippen molar-refractivity contribution in [3.8, 4) is 0 Å². The Kier molecular flexibility index (Phi) is 2.77. The fraction of sp³-hybridized carbons (Fsp3) is 0.400. The number of aromatic nitrogens is 4. The van der Waals surface area contributed by atoms with Crippen LogP contribution in [0.5, 0.6) is 0 Å². The number of aromatic amines is 1. The van der Waals surface area contributed by atoms with Gasteiger partial charge >= 0.3 is 0 Å². The number of carbonyl (C=O) groups is 1. The van der Waals surface area contributed by atoms with Gasteiger partial charge in [0.25, 0.3) is 11.7 Å². The predicted octanol–water partition coefficient (Wildman–Crippen LogP) is 0.469. The van der Waals surface area contributed by atoms with Crippen molar-refractivity contribution in [3.63, 3.8) is 0 Å². The summed E-state index contributed by atoms with van der Waals surface area (Å²) >= 11 is 0. The molecule has 8 nitrogen and oxygen atoms in total. The van der Waals surface area contributed by atoms with Crippen LogP contribution in [0.1, 0.15) is 35.4 Å². The lowest BCUT2D eigenvalue weighted by Crippen LogP contribution is -2.16. The van der Waals surface area contributed by atoms with Crippen LogP contribution < -0.4 is 10.6 Å². The van der Waals surface area contributed by atoms with Crippen LogP contribution in [-0.4, -0.2) is 32.8 Å².